The largest absolute Gasteiger partial charge is 0.479 e. The first-order chi connectivity index (χ1) is 25.0. The second-order valence-electron chi connectivity index (χ2n) is 12.2. The zero-order valence-corrected chi connectivity index (χ0v) is 29.5. The molecule has 2 aliphatic heterocycles. The molecule has 0 saturated carbocycles. The summed E-state index contributed by atoms with van der Waals surface area (Å²) in [6, 6.07) is 2.88. The lowest BCUT2D eigenvalue weighted by molar-refractivity contribution is -0.271. The average Bonchev–Trinajstić information content (AvgIpc) is 3.42. The standard InChI is InChI=1S/C32H44N4O16S/c1-33-32(46)50-16-19-9-10-20(51-31-27(42)25(40)26(41)28(52-31)30(44)45)15-18(19)7-4-5-13-34-29(43)21(17-53(47,48)49)35-22(37)8-3-2-6-14-36-23(38)11-12-24(36)39/h9-12,15,21,25-28,31,40-42H,2-8,13-14,16-17H2,1H3,(H,33,46)(H,34,43)(H,35,37)(H,44,45)(H,47,48,49)/t21-,25-,26-,27+,28-,31+/m0/s1. The number of imide groups is 1. The van der Waals surface area contributed by atoms with Crippen LogP contribution in [0.4, 0.5) is 4.79 Å². The van der Waals surface area contributed by atoms with Crippen molar-refractivity contribution in [2.45, 2.75) is 88.3 Å². The van der Waals surface area contributed by atoms with E-state index >= 15 is 0 Å². The SMILES string of the molecule is CNC(=O)OCc1ccc(O[C@@H]2O[C@H](C(=O)O)[C@@H](O)[C@H](O)[C@H]2O)cc1CCCCNC(=O)[C@H](CS(=O)(=O)O)NC(=O)CCCCCN1C(=O)C=CC1=O. The Morgan fingerprint density at radius 3 is 2.28 bits per heavy atom. The fourth-order valence-electron chi connectivity index (χ4n) is 5.37. The van der Waals surface area contributed by atoms with Gasteiger partial charge in [0.25, 0.3) is 21.9 Å². The second-order valence-corrected chi connectivity index (χ2v) is 13.7. The molecule has 1 aromatic rings. The molecule has 5 amide bonds. The number of hydrogen-bond acceptors (Lipinski definition) is 14. The van der Waals surface area contributed by atoms with Gasteiger partial charge in [0.05, 0.1) is 0 Å². The number of aliphatic hydroxyl groups is 3. The summed E-state index contributed by atoms with van der Waals surface area (Å²) in [4.78, 5) is 72.7. The van der Waals surface area contributed by atoms with Crippen molar-refractivity contribution < 1.29 is 76.4 Å². The number of carboxylic acid groups (broad SMARTS) is 1. The Bertz CT molecular complexity index is 1620. The van der Waals surface area contributed by atoms with Crippen LogP contribution in [0.15, 0.2) is 30.4 Å². The number of benzene rings is 1. The molecule has 53 heavy (non-hydrogen) atoms. The summed E-state index contributed by atoms with van der Waals surface area (Å²) in [7, 11) is -3.30. The fourth-order valence-corrected chi connectivity index (χ4v) is 6.02. The van der Waals surface area contributed by atoms with Crippen LogP contribution in [0.2, 0.25) is 0 Å². The Balaban J connectivity index is 1.54. The van der Waals surface area contributed by atoms with Crippen molar-refractivity contribution in [3.63, 3.8) is 0 Å². The van der Waals surface area contributed by atoms with E-state index in [4.69, 9.17) is 14.2 Å². The number of hydrogen-bond donors (Lipinski definition) is 8. The number of nitrogens with one attached hydrogen (secondary N) is 3. The number of nitrogens with zero attached hydrogens (tertiary/aromatic N) is 1. The van der Waals surface area contributed by atoms with E-state index < -0.39 is 88.3 Å². The van der Waals surface area contributed by atoms with Gasteiger partial charge in [-0.1, -0.05) is 12.5 Å². The zero-order valence-electron chi connectivity index (χ0n) is 28.7. The van der Waals surface area contributed by atoms with Crippen molar-refractivity contribution in [2.75, 3.05) is 25.9 Å². The van der Waals surface area contributed by atoms with Gasteiger partial charge in [-0.25, -0.2) is 9.59 Å². The summed E-state index contributed by atoms with van der Waals surface area (Å²) >= 11 is 0. The van der Waals surface area contributed by atoms with Crippen molar-refractivity contribution in [3.05, 3.63) is 41.5 Å². The van der Waals surface area contributed by atoms with Crippen LogP contribution in [0.25, 0.3) is 0 Å². The molecular formula is C32H44N4O16S. The third-order valence-electron chi connectivity index (χ3n) is 8.19. The summed E-state index contributed by atoms with van der Waals surface area (Å²) in [5.41, 5.74) is 1.12. The molecule has 2 aliphatic rings. The summed E-state index contributed by atoms with van der Waals surface area (Å²) in [6.45, 7) is 0.0429. The average molecular weight is 773 g/mol. The van der Waals surface area contributed by atoms with Crippen LogP contribution in [0.5, 0.6) is 5.75 Å². The molecule has 8 N–H and O–H groups in total. The van der Waals surface area contributed by atoms with Crippen molar-refractivity contribution in [1.29, 1.82) is 0 Å². The molecule has 6 atom stereocenters. The highest BCUT2D eigenvalue weighted by Gasteiger charge is 2.48. The van der Waals surface area contributed by atoms with Crippen LogP contribution in [-0.4, -0.2) is 137 Å². The van der Waals surface area contributed by atoms with E-state index in [1.807, 2.05) is 0 Å². The number of carbonyl (C=O) groups excluding carboxylic acids is 5. The predicted octanol–water partition coefficient (Wildman–Crippen LogP) is -1.89. The number of unbranched alkanes of at least 4 members (excludes halogenated alkanes) is 3. The molecule has 1 fully saturated rings. The van der Waals surface area contributed by atoms with Gasteiger partial charge in [0.15, 0.2) is 6.10 Å². The second kappa shape index (κ2) is 20.0. The molecule has 3 rings (SSSR count). The molecule has 20 nitrogen and oxygen atoms in total. The predicted molar refractivity (Wildman–Crippen MR) is 179 cm³/mol. The van der Waals surface area contributed by atoms with Gasteiger partial charge < -0.3 is 50.6 Å². The lowest BCUT2D eigenvalue weighted by Gasteiger charge is -2.38. The Morgan fingerprint density at radius 2 is 1.64 bits per heavy atom. The molecule has 0 aromatic heterocycles. The summed E-state index contributed by atoms with van der Waals surface area (Å²) in [5, 5.41) is 46.8. The normalized spacial score (nSPS) is 21.9. The first kappa shape index (κ1) is 42.7. The molecule has 294 valence electrons. The van der Waals surface area contributed by atoms with Crippen LogP contribution >= 0.6 is 0 Å². The van der Waals surface area contributed by atoms with E-state index in [0.29, 0.717) is 49.7 Å². The van der Waals surface area contributed by atoms with Crippen molar-refractivity contribution in [3.8, 4) is 5.75 Å². The quantitative estimate of drug-likeness (QED) is 0.0408. The van der Waals surface area contributed by atoms with Crippen LogP contribution in [0, 0.1) is 0 Å². The first-order valence-corrected chi connectivity index (χ1v) is 18.2. The number of carbonyl (C=O) groups is 6. The molecule has 0 aliphatic carbocycles. The minimum absolute atomic E-state index is 0.0264. The summed E-state index contributed by atoms with van der Waals surface area (Å²) in [6.07, 6.45) is -5.38. The fraction of sp³-hybridized carbons (Fsp3) is 0.562. The number of ether oxygens (including phenoxy) is 3. The van der Waals surface area contributed by atoms with E-state index in [0.717, 1.165) is 4.90 Å². The molecule has 1 aromatic carbocycles. The number of aliphatic hydroxyl groups excluding tert-OH is 3. The first-order valence-electron chi connectivity index (χ1n) is 16.6. The highest BCUT2D eigenvalue weighted by Crippen LogP contribution is 2.27. The van der Waals surface area contributed by atoms with Gasteiger partial charge in [-0.15, -0.1) is 0 Å². The number of alkyl carbamates (subject to hydrolysis) is 1. The number of amides is 5. The maximum absolute atomic E-state index is 12.8. The Labute approximate surface area is 304 Å². The zero-order chi connectivity index (χ0) is 39.3. The molecule has 0 spiro atoms. The lowest BCUT2D eigenvalue weighted by atomic mass is 9.99. The van der Waals surface area contributed by atoms with Crippen molar-refractivity contribution >= 4 is 45.8 Å². The summed E-state index contributed by atoms with van der Waals surface area (Å²) in [5.74, 6) is -4.92. The molecule has 2 heterocycles. The summed E-state index contributed by atoms with van der Waals surface area (Å²) < 4.78 is 48.4. The Kier molecular flexibility index (Phi) is 16.1. The van der Waals surface area contributed by atoms with Gasteiger partial charge in [-0.3, -0.25) is 28.6 Å². The molecule has 0 bridgehead atoms. The van der Waals surface area contributed by atoms with Crippen molar-refractivity contribution in [1.82, 2.24) is 20.9 Å². The number of carboxylic acids is 1. The Morgan fingerprint density at radius 1 is 0.943 bits per heavy atom. The maximum atomic E-state index is 12.8. The number of rotatable bonds is 20. The monoisotopic (exact) mass is 772 g/mol. The minimum Gasteiger partial charge on any atom is -0.479 e. The third-order valence-corrected chi connectivity index (χ3v) is 8.95. The topological polar surface area (TPSA) is 305 Å². The maximum Gasteiger partial charge on any atom is 0.407 e. The number of aryl methyl sites for hydroxylation is 1. The highest BCUT2D eigenvalue weighted by atomic mass is 32.2. The van der Waals surface area contributed by atoms with E-state index in [9.17, 15) is 62.2 Å². The highest BCUT2D eigenvalue weighted by molar-refractivity contribution is 7.85. The van der Waals surface area contributed by atoms with Gasteiger partial charge in [0.2, 0.25) is 18.1 Å². The van der Waals surface area contributed by atoms with Gasteiger partial charge in [0, 0.05) is 38.7 Å². The van der Waals surface area contributed by atoms with E-state index in [1.54, 1.807) is 6.07 Å². The van der Waals surface area contributed by atoms with Gasteiger partial charge >= 0.3 is 12.1 Å². The van der Waals surface area contributed by atoms with E-state index in [2.05, 4.69) is 16.0 Å². The van der Waals surface area contributed by atoms with Crippen LogP contribution in [-0.2, 0) is 56.6 Å². The van der Waals surface area contributed by atoms with E-state index in [1.165, 1.54) is 31.3 Å². The van der Waals surface area contributed by atoms with E-state index in [-0.39, 0.29) is 31.9 Å². The molecular weight excluding hydrogens is 728 g/mol. The Hall–Kier alpha value is -4.67. The van der Waals surface area contributed by atoms with Gasteiger partial charge in [0.1, 0.15) is 42.5 Å². The minimum atomic E-state index is -4.67. The third kappa shape index (κ3) is 13.4. The van der Waals surface area contributed by atoms with Gasteiger partial charge in [-0.05, 0) is 55.4 Å². The van der Waals surface area contributed by atoms with Crippen LogP contribution < -0.4 is 20.7 Å². The molecule has 1 saturated heterocycles. The number of aliphatic carboxylic acids is 1. The molecule has 21 heteroatoms. The lowest BCUT2D eigenvalue weighted by Crippen LogP contribution is -2.61. The molecule has 0 unspecified atom stereocenters. The van der Waals surface area contributed by atoms with Crippen LogP contribution in [0.3, 0.4) is 0 Å². The smallest absolute Gasteiger partial charge is 0.407 e. The molecule has 0 radical (unpaired) electrons. The van der Waals surface area contributed by atoms with Crippen molar-refractivity contribution in [2.24, 2.45) is 0 Å². The van der Waals surface area contributed by atoms with Crippen LogP contribution in [0.1, 0.15) is 49.7 Å². The van der Waals surface area contributed by atoms with Gasteiger partial charge in [-0.2, -0.15) is 8.42 Å².